The molecule has 1 atom stereocenters. The number of pyridine rings is 2. The maximum Gasteiger partial charge on any atom is 0.126 e. The lowest BCUT2D eigenvalue weighted by atomic mass is 9.81. The number of methoxy groups -OCH3 is 1. The van der Waals surface area contributed by atoms with Crippen LogP contribution in [0.3, 0.4) is 0 Å². The standard InChI is InChI=1S/C27H37ClN6O2/c1-19(16-35-2)33-21-3-5-22(6-4-21)34-26-12-24(25(28)15-31-26)20-11-23(14-30-13-20)32-18-27(17-29)7-9-36-10-8-27/h11-15,19,21-22,32-33H,3-10,16,18H2,1-2H3,(H,31,34)/t19-,21-,22-/m0/s1. The largest absolute Gasteiger partial charge is 0.383 e. The first-order chi connectivity index (χ1) is 17.5. The van der Waals surface area contributed by atoms with Gasteiger partial charge in [0.2, 0.25) is 0 Å². The summed E-state index contributed by atoms with van der Waals surface area (Å²) in [6.45, 7) is 4.72. The van der Waals surface area contributed by atoms with E-state index in [-0.39, 0.29) is 0 Å². The monoisotopic (exact) mass is 512 g/mol. The molecular weight excluding hydrogens is 476 g/mol. The van der Waals surface area contributed by atoms with Crippen molar-refractivity contribution in [3.63, 3.8) is 0 Å². The summed E-state index contributed by atoms with van der Waals surface area (Å²) in [7, 11) is 1.74. The van der Waals surface area contributed by atoms with Gasteiger partial charge in [-0.15, -0.1) is 0 Å². The van der Waals surface area contributed by atoms with Gasteiger partial charge in [-0.3, -0.25) is 4.98 Å². The van der Waals surface area contributed by atoms with Crippen molar-refractivity contribution in [2.75, 3.05) is 44.1 Å². The van der Waals surface area contributed by atoms with Crippen molar-refractivity contribution >= 4 is 23.1 Å². The van der Waals surface area contributed by atoms with Gasteiger partial charge in [0.15, 0.2) is 0 Å². The Bertz CT molecular complexity index is 1030. The van der Waals surface area contributed by atoms with Crippen LogP contribution in [0, 0.1) is 16.7 Å². The smallest absolute Gasteiger partial charge is 0.126 e. The molecule has 0 aromatic carbocycles. The molecule has 1 saturated carbocycles. The number of halogens is 1. The molecule has 2 fully saturated rings. The van der Waals surface area contributed by atoms with Gasteiger partial charge in [-0.2, -0.15) is 5.26 Å². The molecule has 194 valence electrons. The zero-order valence-corrected chi connectivity index (χ0v) is 22.0. The summed E-state index contributed by atoms with van der Waals surface area (Å²) in [4.78, 5) is 8.95. The highest BCUT2D eigenvalue weighted by Crippen LogP contribution is 2.33. The first kappa shape index (κ1) is 26.6. The molecule has 3 N–H and O–H groups in total. The minimum Gasteiger partial charge on any atom is -0.383 e. The fourth-order valence-corrected chi connectivity index (χ4v) is 5.31. The van der Waals surface area contributed by atoms with Gasteiger partial charge in [-0.25, -0.2) is 4.98 Å². The molecule has 3 heterocycles. The number of hydrogen-bond acceptors (Lipinski definition) is 8. The number of nitriles is 1. The second kappa shape index (κ2) is 12.7. The zero-order chi connectivity index (χ0) is 25.4. The minimum atomic E-state index is -0.407. The lowest BCUT2D eigenvalue weighted by Gasteiger charge is -2.32. The molecule has 2 aliphatic rings. The van der Waals surface area contributed by atoms with Crippen molar-refractivity contribution in [3.05, 3.63) is 35.7 Å². The highest BCUT2D eigenvalue weighted by atomic mass is 35.5. The van der Waals surface area contributed by atoms with Gasteiger partial charge < -0.3 is 25.4 Å². The van der Waals surface area contributed by atoms with E-state index in [1.165, 1.54) is 0 Å². The van der Waals surface area contributed by atoms with E-state index in [4.69, 9.17) is 21.1 Å². The molecule has 2 aromatic rings. The van der Waals surface area contributed by atoms with Crippen molar-refractivity contribution in [3.8, 4) is 17.2 Å². The summed E-state index contributed by atoms with van der Waals surface area (Å²) in [6, 6.07) is 7.81. The van der Waals surface area contributed by atoms with Crippen LogP contribution in [0.15, 0.2) is 30.7 Å². The van der Waals surface area contributed by atoms with Crippen molar-refractivity contribution < 1.29 is 9.47 Å². The van der Waals surface area contributed by atoms with E-state index in [0.29, 0.717) is 42.9 Å². The van der Waals surface area contributed by atoms with Crippen LogP contribution in [0.2, 0.25) is 5.02 Å². The Hall–Kier alpha value is -2.44. The highest BCUT2D eigenvalue weighted by molar-refractivity contribution is 6.33. The van der Waals surface area contributed by atoms with Crippen LogP contribution in [0.4, 0.5) is 11.5 Å². The topological polar surface area (TPSA) is 104 Å². The number of ether oxygens (including phenoxy) is 2. The predicted molar refractivity (Wildman–Crippen MR) is 143 cm³/mol. The molecule has 2 aromatic heterocycles. The Balaban J connectivity index is 1.37. The molecule has 0 spiro atoms. The molecule has 0 amide bonds. The molecule has 0 bridgehead atoms. The quantitative estimate of drug-likeness (QED) is 0.414. The predicted octanol–water partition coefficient (Wildman–Crippen LogP) is 4.88. The van der Waals surface area contributed by atoms with Crippen LogP contribution in [0.1, 0.15) is 45.4 Å². The van der Waals surface area contributed by atoms with Gasteiger partial charge in [0.05, 0.1) is 28.8 Å². The van der Waals surface area contributed by atoms with Crippen LogP contribution in [-0.2, 0) is 9.47 Å². The number of aromatic nitrogens is 2. The summed E-state index contributed by atoms with van der Waals surface area (Å²) in [5.41, 5.74) is 2.25. The third-order valence-electron chi connectivity index (χ3n) is 7.24. The molecule has 4 rings (SSSR count). The third-order valence-corrected chi connectivity index (χ3v) is 7.54. The fraction of sp³-hybridized carbons (Fsp3) is 0.593. The molecule has 36 heavy (non-hydrogen) atoms. The van der Waals surface area contributed by atoms with Gasteiger partial charge in [-0.05, 0) is 57.6 Å². The number of anilines is 2. The van der Waals surface area contributed by atoms with E-state index >= 15 is 0 Å². The summed E-state index contributed by atoms with van der Waals surface area (Å²) >= 11 is 6.55. The van der Waals surface area contributed by atoms with Gasteiger partial charge in [-0.1, -0.05) is 11.6 Å². The lowest BCUT2D eigenvalue weighted by Crippen LogP contribution is -2.42. The lowest BCUT2D eigenvalue weighted by molar-refractivity contribution is 0.0456. The van der Waals surface area contributed by atoms with Crippen molar-refractivity contribution in [2.45, 2.75) is 63.6 Å². The van der Waals surface area contributed by atoms with Crippen LogP contribution in [0.5, 0.6) is 0 Å². The molecule has 8 nitrogen and oxygen atoms in total. The normalized spacial score (nSPS) is 22.4. The first-order valence-corrected chi connectivity index (χ1v) is 13.2. The summed E-state index contributed by atoms with van der Waals surface area (Å²) in [6.07, 6.45) is 11.2. The van der Waals surface area contributed by atoms with Gasteiger partial charge in [0, 0.05) is 74.7 Å². The Labute approximate surface area is 219 Å². The molecule has 1 saturated heterocycles. The Morgan fingerprint density at radius 2 is 1.92 bits per heavy atom. The van der Waals surface area contributed by atoms with Gasteiger partial charge >= 0.3 is 0 Å². The zero-order valence-electron chi connectivity index (χ0n) is 21.2. The molecule has 0 radical (unpaired) electrons. The van der Waals surface area contributed by atoms with Gasteiger partial charge in [0.25, 0.3) is 0 Å². The Morgan fingerprint density at radius 1 is 1.17 bits per heavy atom. The summed E-state index contributed by atoms with van der Waals surface area (Å²) in [5.74, 6) is 0.822. The number of hydrogen-bond donors (Lipinski definition) is 3. The SMILES string of the molecule is COC[C@H](C)N[C@H]1CC[C@H](Nc2cc(-c3cncc(NCC4(C#N)CCOCC4)c3)c(Cl)cn2)CC1. The van der Waals surface area contributed by atoms with Crippen LogP contribution in [0.25, 0.3) is 11.1 Å². The third kappa shape index (κ3) is 7.07. The van der Waals surface area contributed by atoms with Crippen LogP contribution in [-0.4, -0.2) is 61.6 Å². The van der Waals surface area contributed by atoms with Crippen molar-refractivity contribution in [2.24, 2.45) is 5.41 Å². The van der Waals surface area contributed by atoms with Crippen molar-refractivity contribution in [1.29, 1.82) is 5.26 Å². The first-order valence-electron chi connectivity index (χ1n) is 12.9. The van der Waals surface area contributed by atoms with Crippen LogP contribution < -0.4 is 16.0 Å². The number of nitrogens with one attached hydrogen (secondary N) is 3. The summed E-state index contributed by atoms with van der Waals surface area (Å²) < 4.78 is 10.7. The van der Waals surface area contributed by atoms with E-state index in [1.807, 2.05) is 18.3 Å². The average Bonchev–Trinajstić information content (AvgIpc) is 2.90. The fourth-order valence-electron chi connectivity index (χ4n) is 5.10. The van der Waals surface area contributed by atoms with E-state index in [9.17, 15) is 5.26 Å². The molecule has 0 unspecified atom stereocenters. The molecule has 1 aliphatic carbocycles. The maximum absolute atomic E-state index is 9.73. The molecule has 9 heteroatoms. The second-order valence-electron chi connectivity index (χ2n) is 10.1. The average molecular weight is 513 g/mol. The minimum absolute atomic E-state index is 0.367. The Kier molecular flexibility index (Phi) is 9.38. The van der Waals surface area contributed by atoms with E-state index < -0.39 is 5.41 Å². The number of nitrogens with zero attached hydrogens (tertiary/aromatic N) is 3. The Morgan fingerprint density at radius 3 is 2.64 bits per heavy atom. The van der Waals surface area contributed by atoms with Crippen LogP contribution >= 0.6 is 11.6 Å². The summed E-state index contributed by atoms with van der Waals surface area (Å²) in [5, 5.41) is 21.0. The van der Waals surface area contributed by atoms with E-state index in [1.54, 1.807) is 19.5 Å². The highest BCUT2D eigenvalue weighted by Gasteiger charge is 2.32. The molecule has 1 aliphatic heterocycles. The second-order valence-corrected chi connectivity index (χ2v) is 10.5. The van der Waals surface area contributed by atoms with Crippen molar-refractivity contribution in [1.82, 2.24) is 15.3 Å². The van der Waals surface area contributed by atoms with Gasteiger partial charge in [0.1, 0.15) is 5.82 Å². The maximum atomic E-state index is 9.73. The molecular formula is C27H37ClN6O2. The van der Waals surface area contributed by atoms with E-state index in [0.717, 1.165) is 67.8 Å². The number of rotatable bonds is 10. The van der Waals surface area contributed by atoms with E-state index in [2.05, 4.69) is 38.9 Å².